The van der Waals surface area contributed by atoms with Crippen LogP contribution in [0.4, 0.5) is 4.39 Å². The second kappa shape index (κ2) is 11.8. The molecule has 6 nitrogen and oxygen atoms in total. The largest absolute Gasteiger partial charge is 0.357 e. The van der Waals surface area contributed by atoms with Gasteiger partial charge in [-0.05, 0) is 38.3 Å². The van der Waals surface area contributed by atoms with Crippen molar-refractivity contribution in [2.24, 2.45) is 4.99 Å². The molecule has 0 bridgehead atoms. The Morgan fingerprint density at radius 1 is 1.25 bits per heavy atom. The van der Waals surface area contributed by atoms with Crippen molar-refractivity contribution in [3.8, 4) is 0 Å². The van der Waals surface area contributed by atoms with Gasteiger partial charge in [-0.1, -0.05) is 25.5 Å². The third-order valence-electron chi connectivity index (χ3n) is 4.75. The minimum absolute atomic E-state index is 0.0358. The van der Waals surface area contributed by atoms with E-state index < -0.39 is 22.5 Å². The van der Waals surface area contributed by atoms with E-state index in [4.69, 9.17) is 0 Å². The average molecular weight is 411 g/mol. The molecule has 1 amide bonds. The number of hydrogen-bond acceptors (Lipinski definition) is 3. The van der Waals surface area contributed by atoms with Crippen LogP contribution in [-0.2, 0) is 10.8 Å². The molecule has 1 aliphatic rings. The first kappa shape index (κ1) is 22.3. The molecular weight excluding hydrogens is 379 g/mol. The molecule has 0 aromatic heterocycles. The minimum Gasteiger partial charge on any atom is -0.357 e. The van der Waals surface area contributed by atoms with Crippen LogP contribution < -0.4 is 16.0 Å². The summed E-state index contributed by atoms with van der Waals surface area (Å²) in [6.07, 6.45) is 4.00. The Kier molecular flexibility index (Phi) is 9.40. The SMILES string of the molecule is CCNC(=NCCNC(=O)c1ccccc1F)NC1CCCC(S(=O)CC)C1. The fourth-order valence-corrected chi connectivity index (χ4v) is 4.69. The van der Waals surface area contributed by atoms with Gasteiger partial charge in [-0.2, -0.15) is 0 Å². The summed E-state index contributed by atoms with van der Waals surface area (Å²) in [5.74, 6) is 0.418. The molecule has 1 aromatic carbocycles. The molecule has 156 valence electrons. The highest BCUT2D eigenvalue weighted by Crippen LogP contribution is 2.22. The Morgan fingerprint density at radius 3 is 2.75 bits per heavy atom. The van der Waals surface area contributed by atoms with E-state index in [2.05, 4.69) is 20.9 Å². The number of carbonyl (C=O) groups is 1. The van der Waals surface area contributed by atoms with Crippen LogP contribution in [0, 0.1) is 5.82 Å². The van der Waals surface area contributed by atoms with Crippen LogP contribution in [0.1, 0.15) is 49.9 Å². The van der Waals surface area contributed by atoms with Gasteiger partial charge in [0.25, 0.3) is 5.91 Å². The number of amides is 1. The number of rotatable bonds is 8. The maximum Gasteiger partial charge on any atom is 0.254 e. The van der Waals surface area contributed by atoms with Gasteiger partial charge in [0.2, 0.25) is 0 Å². The lowest BCUT2D eigenvalue weighted by Gasteiger charge is -2.30. The first-order valence-corrected chi connectivity index (χ1v) is 11.4. The Morgan fingerprint density at radius 2 is 2.04 bits per heavy atom. The molecule has 8 heteroatoms. The molecule has 0 heterocycles. The maximum atomic E-state index is 13.6. The van der Waals surface area contributed by atoms with Crippen LogP contribution in [-0.4, -0.2) is 52.8 Å². The maximum absolute atomic E-state index is 13.6. The van der Waals surface area contributed by atoms with Crippen molar-refractivity contribution in [3.05, 3.63) is 35.6 Å². The standard InChI is InChI=1S/C20H31FN4O2S/c1-3-22-20(25-15-8-7-9-16(14-15)28(27)4-2)24-13-12-23-19(26)17-10-5-6-11-18(17)21/h5-6,10-11,15-16H,3-4,7-9,12-14H2,1-2H3,(H,23,26)(H2,22,24,25). The number of halogens is 1. The highest BCUT2D eigenvalue weighted by molar-refractivity contribution is 7.85. The van der Waals surface area contributed by atoms with E-state index in [1.165, 1.54) is 12.1 Å². The zero-order valence-electron chi connectivity index (χ0n) is 16.7. The number of benzene rings is 1. The summed E-state index contributed by atoms with van der Waals surface area (Å²) < 4.78 is 25.7. The third-order valence-corrected chi connectivity index (χ3v) is 6.49. The number of guanidine groups is 1. The average Bonchev–Trinajstić information content (AvgIpc) is 2.71. The van der Waals surface area contributed by atoms with Crippen LogP contribution in [0.25, 0.3) is 0 Å². The summed E-state index contributed by atoms with van der Waals surface area (Å²) >= 11 is 0. The molecule has 1 aliphatic carbocycles. The Bertz CT molecular complexity index is 699. The van der Waals surface area contributed by atoms with E-state index in [0.29, 0.717) is 24.8 Å². The van der Waals surface area contributed by atoms with E-state index in [1.54, 1.807) is 12.1 Å². The van der Waals surface area contributed by atoms with E-state index >= 15 is 0 Å². The summed E-state index contributed by atoms with van der Waals surface area (Å²) in [5.41, 5.74) is 0.0358. The third kappa shape index (κ3) is 6.89. The fourth-order valence-electron chi connectivity index (χ4n) is 3.34. The van der Waals surface area contributed by atoms with Gasteiger partial charge >= 0.3 is 0 Å². The predicted octanol–water partition coefficient (Wildman–Crippen LogP) is 2.19. The minimum atomic E-state index is -0.763. The van der Waals surface area contributed by atoms with Crippen molar-refractivity contribution in [3.63, 3.8) is 0 Å². The van der Waals surface area contributed by atoms with Gasteiger partial charge in [-0.25, -0.2) is 4.39 Å². The fraction of sp³-hybridized carbons (Fsp3) is 0.600. The molecule has 3 N–H and O–H groups in total. The van der Waals surface area contributed by atoms with Crippen molar-refractivity contribution in [1.29, 1.82) is 0 Å². The van der Waals surface area contributed by atoms with Gasteiger partial charge in [0.05, 0.1) is 12.1 Å². The van der Waals surface area contributed by atoms with E-state index in [9.17, 15) is 13.4 Å². The van der Waals surface area contributed by atoms with Crippen LogP contribution in [0.5, 0.6) is 0 Å². The molecule has 3 atom stereocenters. The first-order chi connectivity index (χ1) is 13.5. The quantitative estimate of drug-likeness (QED) is 0.349. The van der Waals surface area contributed by atoms with Crippen molar-refractivity contribution < 1.29 is 13.4 Å². The van der Waals surface area contributed by atoms with Gasteiger partial charge in [-0.15, -0.1) is 0 Å². The second-order valence-corrected chi connectivity index (χ2v) is 8.80. The molecule has 0 radical (unpaired) electrons. The number of aliphatic imine (C=N–C) groups is 1. The zero-order chi connectivity index (χ0) is 20.4. The van der Waals surface area contributed by atoms with Crippen LogP contribution in [0.15, 0.2) is 29.3 Å². The van der Waals surface area contributed by atoms with E-state index in [-0.39, 0.29) is 16.9 Å². The normalized spacial score (nSPS) is 21.0. The van der Waals surface area contributed by atoms with Crippen LogP contribution in [0.2, 0.25) is 0 Å². The first-order valence-electron chi connectivity index (χ1n) is 9.99. The Balaban J connectivity index is 1.84. The molecule has 3 unspecified atom stereocenters. The summed E-state index contributed by atoms with van der Waals surface area (Å²) in [6, 6.07) is 6.16. The predicted molar refractivity (Wildman–Crippen MR) is 113 cm³/mol. The number of carbonyl (C=O) groups excluding carboxylic acids is 1. The monoisotopic (exact) mass is 410 g/mol. The Hall–Kier alpha value is -1.96. The van der Waals surface area contributed by atoms with Crippen molar-refractivity contribution in [2.45, 2.75) is 50.8 Å². The molecule has 2 rings (SSSR count). The molecule has 1 aromatic rings. The highest BCUT2D eigenvalue weighted by Gasteiger charge is 2.26. The van der Waals surface area contributed by atoms with Crippen molar-refractivity contribution in [1.82, 2.24) is 16.0 Å². The lowest BCUT2D eigenvalue weighted by atomic mass is 9.95. The van der Waals surface area contributed by atoms with Gasteiger partial charge in [0.15, 0.2) is 5.96 Å². The number of nitrogens with one attached hydrogen (secondary N) is 3. The number of nitrogens with zero attached hydrogens (tertiary/aromatic N) is 1. The second-order valence-electron chi connectivity index (χ2n) is 6.80. The van der Waals surface area contributed by atoms with Gasteiger partial charge in [-0.3, -0.25) is 14.0 Å². The molecule has 0 spiro atoms. The lowest BCUT2D eigenvalue weighted by Crippen LogP contribution is -2.47. The molecule has 1 saturated carbocycles. The molecule has 0 saturated heterocycles. The Labute approximate surface area is 169 Å². The molecule has 1 fully saturated rings. The van der Waals surface area contributed by atoms with Crippen molar-refractivity contribution in [2.75, 3.05) is 25.4 Å². The van der Waals surface area contributed by atoms with Gasteiger partial charge in [0, 0.05) is 40.9 Å². The topological polar surface area (TPSA) is 82.6 Å². The summed E-state index contributed by atoms with van der Waals surface area (Å²) in [7, 11) is -0.763. The lowest BCUT2D eigenvalue weighted by molar-refractivity contribution is 0.0950. The smallest absolute Gasteiger partial charge is 0.254 e. The number of hydrogen-bond donors (Lipinski definition) is 3. The molecular formula is C20H31FN4O2S. The van der Waals surface area contributed by atoms with E-state index in [1.807, 2.05) is 13.8 Å². The van der Waals surface area contributed by atoms with Gasteiger partial charge in [0.1, 0.15) is 5.82 Å². The van der Waals surface area contributed by atoms with Gasteiger partial charge < -0.3 is 16.0 Å². The molecule has 0 aliphatic heterocycles. The summed E-state index contributed by atoms with van der Waals surface area (Å²) in [4.78, 5) is 16.5. The zero-order valence-corrected chi connectivity index (χ0v) is 17.5. The van der Waals surface area contributed by atoms with Crippen LogP contribution >= 0.6 is 0 Å². The highest BCUT2D eigenvalue weighted by atomic mass is 32.2. The summed E-state index contributed by atoms with van der Waals surface area (Å²) in [5, 5.41) is 9.57. The van der Waals surface area contributed by atoms with Crippen molar-refractivity contribution >= 4 is 22.7 Å². The van der Waals surface area contributed by atoms with E-state index in [0.717, 1.165) is 32.2 Å². The van der Waals surface area contributed by atoms with Crippen LogP contribution in [0.3, 0.4) is 0 Å². The summed E-state index contributed by atoms with van der Waals surface area (Å²) in [6.45, 7) is 5.38. The molecule has 28 heavy (non-hydrogen) atoms.